The molecule has 0 spiro atoms. The van der Waals surface area contributed by atoms with E-state index >= 15 is 0 Å². The first-order valence-corrected chi connectivity index (χ1v) is 7.53. The molecule has 116 valence electrons. The number of carbonyl (C=O) groups is 1. The molecule has 3 heteroatoms. The molecule has 3 nitrogen and oxygen atoms in total. The van der Waals surface area contributed by atoms with Gasteiger partial charge in [-0.15, -0.1) is 0 Å². The molecule has 2 aromatic carbocycles. The summed E-state index contributed by atoms with van der Waals surface area (Å²) in [6, 6.07) is 11.9. The molecule has 0 aromatic heterocycles. The fourth-order valence-corrected chi connectivity index (χ4v) is 2.18. The van der Waals surface area contributed by atoms with Crippen molar-refractivity contribution in [2.24, 2.45) is 0 Å². The molecule has 0 fully saturated rings. The van der Waals surface area contributed by atoms with Crippen LogP contribution < -0.4 is 10.1 Å². The zero-order chi connectivity index (χ0) is 16.1. The molecule has 0 aliphatic heterocycles. The lowest BCUT2D eigenvalue weighted by Gasteiger charge is -2.11. The van der Waals surface area contributed by atoms with Crippen LogP contribution in [0.2, 0.25) is 0 Å². The summed E-state index contributed by atoms with van der Waals surface area (Å²) in [5, 5.41) is 2.90. The second-order valence-electron chi connectivity index (χ2n) is 5.64. The van der Waals surface area contributed by atoms with Crippen molar-refractivity contribution < 1.29 is 9.53 Å². The molecule has 1 amide bonds. The Kier molecular flexibility index (Phi) is 5.21. The fraction of sp³-hybridized carbons (Fsp3) is 0.316. The van der Waals surface area contributed by atoms with Crippen molar-refractivity contribution in [3.8, 4) is 5.75 Å². The van der Waals surface area contributed by atoms with Crippen LogP contribution in [0.1, 0.15) is 28.7 Å². The number of aryl methyl sites for hydroxylation is 3. The van der Waals surface area contributed by atoms with E-state index in [2.05, 4.69) is 25.2 Å². The third-order valence-electron chi connectivity index (χ3n) is 3.93. The topological polar surface area (TPSA) is 38.3 Å². The summed E-state index contributed by atoms with van der Waals surface area (Å²) < 4.78 is 5.71. The summed E-state index contributed by atoms with van der Waals surface area (Å²) in [6.45, 7) is 8.54. The molecule has 0 heterocycles. The van der Waals surface area contributed by atoms with Crippen molar-refractivity contribution in [2.75, 3.05) is 11.9 Å². The highest BCUT2D eigenvalue weighted by Gasteiger charge is 2.06. The van der Waals surface area contributed by atoms with Gasteiger partial charge in [0, 0.05) is 5.69 Å². The van der Waals surface area contributed by atoms with E-state index in [0.717, 1.165) is 17.0 Å². The van der Waals surface area contributed by atoms with Crippen molar-refractivity contribution >= 4 is 11.6 Å². The lowest BCUT2D eigenvalue weighted by Crippen LogP contribution is -2.15. The highest BCUT2D eigenvalue weighted by Crippen LogP contribution is 2.20. The number of hydrogen-bond acceptors (Lipinski definition) is 2. The molecule has 22 heavy (non-hydrogen) atoms. The molecule has 0 saturated carbocycles. The quantitative estimate of drug-likeness (QED) is 0.892. The van der Waals surface area contributed by atoms with Gasteiger partial charge in [0.25, 0.3) is 0 Å². The first-order chi connectivity index (χ1) is 10.5. The first kappa shape index (κ1) is 16.1. The number of benzene rings is 2. The van der Waals surface area contributed by atoms with Crippen molar-refractivity contribution in [1.29, 1.82) is 0 Å². The highest BCUT2D eigenvalue weighted by atomic mass is 16.5. The Labute approximate surface area is 132 Å². The van der Waals surface area contributed by atoms with Crippen LogP contribution in [-0.4, -0.2) is 12.5 Å². The zero-order valence-corrected chi connectivity index (χ0v) is 13.7. The average molecular weight is 297 g/mol. The second-order valence-corrected chi connectivity index (χ2v) is 5.64. The van der Waals surface area contributed by atoms with Gasteiger partial charge in [-0.3, -0.25) is 4.79 Å². The summed E-state index contributed by atoms with van der Waals surface area (Å²) in [4.78, 5) is 12.0. The minimum atomic E-state index is -0.0337. The molecule has 0 saturated heterocycles. The first-order valence-electron chi connectivity index (χ1n) is 7.53. The van der Waals surface area contributed by atoms with Crippen LogP contribution in [-0.2, 0) is 4.79 Å². The zero-order valence-electron chi connectivity index (χ0n) is 13.7. The number of ether oxygens (including phenoxy) is 1. The van der Waals surface area contributed by atoms with Gasteiger partial charge in [-0.05, 0) is 68.1 Å². The number of carbonyl (C=O) groups excluding carboxylic acids is 1. The molecule has 1 N–H and O–H groups in total. The lowest BCUT2D eigenvalue weighted by molar-refractivity contribution is -0.116. The van der Waals surface area contributed by atoms with E-state index < -0.39 is 0 Å². The molecule has 2 aromatic rings. The second kappa shape index (κ2) is 7.12. The molecular formula is C19H23NO2. The van der Waals surface area contributed by atoms with Gasteiger partial charge in [-0.25, -0.2) is 0 Å². The smallest absolute Gasteiger partial charge is 0.227 e. The molecule has 0 atom stereocenters. The van der Waals surface area contributed by atoms with E-state index in [1.165, 1.54) is 16.7 Å². The van der Waals surface area contributed by atoms with Crippen LogP contribution in [0.15, 0.2) is 36.4 Å². The molecule has 0 unspecified atom stereocenters. The van der Waals surface area contributed by atoms with Crippen molar-refractivity contribution in [3.63, 3.8) is 0 Å². The Morgan fingerprint density at radius 2 is 1.77 bits per heavy atom. The molecule has 0 aliphatic carbocycles. The predicted molar refractivity (Wildman–Crippen MR) is 90.6 cm³/mol. The molecule has 0 aliphatic rings. The largest absolute Gasteiger partial charge is 0.493 e. The van der Waals surface area contributed by atoms with E-state index in [1.54, 1.807) is 0 Å². The van der Waals surface area contributed by atoms with Crippen LogP contribution in [0.5, 0.6) is 5.75 Å². The maximum absolute atomic E-state index is 12.0. The Bertz CT molecular complexity index is 677. The summed E-state index contributed by atoms with van der Waals surface area (Å²) >= 11 is 0. The number of rotatable bonds is 5. The molecule has 0 radical (unpaired) electrons. The summed E-state index contributed by atoms with van der Waals surface area (Å²) in [6.07, 6.45) is 0.334. The minimum Gasteiger partial charge on any atom is -0.493 e. The lowest BCUT2D eigenvalue weighted by atomic mass is 10.1. The Morgan fingerprint density at radius 3 is 2.50 bits per heavy atom. The monoisotopic (exact) mass is 297 g/mol. The minimum absolute atomic E-state index is 0.0337. The Hall–Kier alpha value is -2.29. The van der Waals surface area contributed by atoms with Gasteiger partial charge >= 0.3 is 0 Å². The highest BCUT2D eigenvalue weighted by molar-refractivity contribution is 5.90. The van der Waals surface area contributed by atoms with Crippen molar-refractivity contribution in [1.82, 2.24) is 0 Å². The van der Waals surface area contributed by atoms with Gasteiger partial charge in [-0.2, -0.15) is 0 Å². The normalized spacial score (nSPS) is 10.4. The van der Waals surface area contributed by atoms with Crippen molar-refractivity contribution in [2.45, 2.75) is 34.1 Å². The summed E-state index contributed by atoms with van der Waals surface area (Å²) in [5.74, 6) is 0.813. The van der Waals surface area contributed by atoms with Crippen LogP contribution >= 0.6 is 0 Å². The van der Waals surface area contributed by atoms with Gasteiger partial charge in [0.05, 0.1) is 13.0 Å². The Balaban J connectivity index is 1.85. The maximum Gasteiger partial charge on any atom is 0.227 e. The summed E-state index contributed by atoms with van der Waals surface area (Å²) in [5.41, 5.74) is 5.54. The Morgan fingerprint density at radius 1 is 1.00 bits per heavy atom. The summed E-state index contributed by atoms with van der Waals surface area (Å²) in [7, 11) is 0. The standard InChI is InChI=1S/C19H23NO2/c1-13-8-9-17(12-15(13)3)20-19(21)10-11-22-18-7-5-6-14(2)16(18)4/h5-9,12H,10-11H2,1-4H3,(H,20,21). The van der Waals surface area contributed by atoms with Gasteiger partial charge in [0.2, 0.25) is 5.91 Å². The number of amides is 1. The number of nitrogens with one attached hydrogen (secondary N) is 1. The van der Waals surface area contributed by atoms with E-state index in [1.807, 2.05) is 44.2 Å². The van der Waals surface area contributed by atoms with Gasteiger partial charge in [-0.1, -0.05) is 18.2 Å². The van der Waals surface area contributed by atoms with E-state index in [4.69, 9.17) is 4.74 Å². The van der Waals surface area contributed by atoms with E-state index in [0.29, 0.717) is 13.0 Å². The SMILES string of the molecule is Cc1ccc(NC(=O)CCOc2cccc(C)c2C)cc1C. The molecule has 2 rings (SSSR count). The number of hydrogen-bond donors (Lipinski definition) is 1. The van der Waals surface area contributed by atoms with Gasteiger partial charge in [0.15, 0.2) is 0 Å². The average Bonchev–Trinajstić information content (AvgIpc) is 2.47. The number of anilines is 1. The van der Waals surface area contributed by atoms with E-state index in [-0.39, 0.29) is 5.91 Å². The molecule has 0 bridgehead atoms. The predicted octanol–water partition coefficient (Wildman–Crippen LogP) is 4.33. The van der Waals surface area contributed by atoms with Crippen LogP contribution in [0.4, 0.5) is 5.69 Å². The van der Waals surface area contributed by atoms with Crippen LogP contribution in [0.3, 0.4) is 0 Å². The molecular weight excluding hydrogens is 274 g/mol. The van der Waals surface area contributed by atoms with Crippen LogP contribution in [0, 0.1) is 27.7 Å². The third-order valence-corrected chi connectivity index (χ3v) is 3.93. The maximum atomic E-state index is 12.0. The fourth-order valence-electron chi connectivity index (χ4n) is 2.18. The van der Waals surface area contributed by atoms with Crippen LogP contribution in [0.25, 0.3) is 0 Å². The van der Waals surface area contributed by atoms with E-state index in [9.17, 15) is 4.79 Å². The van der Waals surface area contributed by atoms with Gasteiger partial charge in [0.1, 0.15) is 5.75 Å². The van der Waals surface area contributed by atoms with Crippen molar-refractivity contribution in [3.05, 3.63) is 58.7 Å². The third kappa shape index (κ3) is 4.10. The van der Waals surface area contributed by atoms with Gasteiger partial charge < -0.3 is 10.1 Å².